The van der Waals surface area contributed by atoms with Gasteiger partial charge < -0.3 is 14.7 Å². The highest BCUT2D eigenvalue weighted by molar-refractivity contribution is 5.96. The van der Waals surface area contributed by atoms with Gasteiger partial charge in [0.05, 0.1) is 12.5 Å². The summed E-state index contributed by atoms with van der Waals surface area (Å²) >= 11 is 0. The molecule has 1 aliphatic rings. The number of esters is 1. The van der Waals surface area contributed by atoms with Crippen molar-refractivity contribution in [3.8, 4) is 5.75 Å². The number of hydrogen-bond acceptors (Lipinski definition) is 4. The van der Waals surface area contributed by atoms with Gasteiger partial charge in [0.15, 0.2) is 0 Å². The smallest absolute Gasteiger partial charge is 0.309 e. The molecule has 1 aromatic rings. The van der Waals surface area contributed by atoms with E-state index in [0.29, 0.717) is 43.7 Å². The van der Waals surface area contributed by atoms with Gasteiger partial charge in [-0.25, -0.2) is 0 Å². The van der Waals surface area contributed by atoms with Crippen molar-refractivity contribution < 1.29 is 19.4 Å². The van der Waals surface area contributed by atoms with Crippen LogP contribution in [0.25, 0.3) is 0 Å². The monoisotopic (exact) mass is 291 g/mol. The molecule has 1 heterocycles. The number of piperidine rings is 1. The number of amides is 1. The molecule has 0 spiro atoms. The van der Waals surface area contributed by atoms with Gasteiger partial charge in [-0.15, -0.1) is 0 Å². The Morgan fingerprint density at radius 2 is 2.00 bits per heavy atom. The second kappa shape index (κ2) is 6.61. The zero-order valence-corrected chi connectivity index (χ0v) is 12.5. The van der Waals surface area contributed by atoms with Crippen molar-refractivity contribution in [3.05, 3.63) is 29.3 Å². The van der Waals surface area contributed by atoms with Crippen LogP contribution in [0.15, 0.2) is 18.2 Å². The third kappa shape index (κ3) is 3.35. The Bertz CT molecular complexity index is 533. The molecule has 0 radical (unpaired) electrons. The molecule has 1 fully saturated rings. The molecule has 0 saturated carbocycles. The number of likely N-dealkylation sites (tertiary alicyclic amines) is 1. The van der Waals surface area contributed by atoms with Crippen LogP contribution in [-0.2, 0) is 9.53 Å². The molecular weight excluding hydrogens is 270 g/mol. The van der Waals surface area contributed by atoms with Crippen LogP contribution in [0.1, 0.15) is 35.7 Å². The first-order valence-corrected chi connectivity index (χ1v) is 7.29. The summed E-state index contributed by atoms with van der Waals surface area (Å²) in [4.78, 5) is 25.9. The van der Waals surface area contributed by atoms with Crippen molar-refractivity contribution >= 4 is 11.9 Å². The van der Waals surface area contributed by atoms with E-state index in [0.717, 1.165) is 0 Å². The molecule has 2 rings (SSSR count). The Hall–Kier alpha value is -2.04. The predicted octanol–water partition coefficient (Wildman–Crippen LogP) is 2.12. The molecule has 1 amide bonds. The molecule has 114 valence electrons. The molecule has 0 aromatic heterocycles. The summed E-state index contributed by atoms with van der Waals surface area (Å²) in [6.45, 7) is 4.99. The topological polar surface area (TPSA) is 66.8 Å². The summed E-state index contributed by atoms with van der Waals surface area (Å²) in [7, 11) is 0. The standard InChI is InChI=1S/C16H21NO4/c1-3-21-16(20)12-7-9-17(10-8-12)15(19)13-5-4-6-14(18)11(13)2/h4-6,12,18H,3,7-10H2,1-2H3. The predicted molar refractivity (Wildman–Crippen MR) is 78.1 cm³/mol. The zero-order chi connectivity index (χ0) is 15.4. The van der Waals surface area contributed by atoms with E-state index in [9.17, 15) is 14.7 Å². The second-order valence-corrected chi connectivity index (χ2v) is 5.27. The number of nitrogens with zero attached hydrogens (tertiary/aromatic N) is 1. The third-order valence-corrected chi connectivity index (χ3v) is 3.94. The molecule has 0 aliphatic carbocycles. The Morgan fingerprint density at radius 1 is 1.33 bits per heavy atom. The number of hydrogen-bond donors (Lipinski definition) is 1. The van der Waals surface area contributed by atoms with Crippen LogP contribution in [0.5, 0.6) is 5.75 Å². The van der Waals surface area contributed by atoms with E-state index in [2.05, 4.69) is 0 Å². The van der Waals surface area contributed by atoms with Crippen molar-refractivity contribution in [2.75, 3.05) is 19.7 Å². The first-order chi connectivity index (χ1) is 10.0. The maximum absolute atomic E-state index is 12.5. The molecule has 5 heteroatoms. The van der Waals surface area contributed by atoms with Gasteiger partial charge >= 0.3 is 5.97 Å². The van der Waals surface area contributed by atoms with Crippen LogP contribution < -0.4 is 0 Å². The average Bonchev–Trinajstić information content (AvgIpc) is 2.50. The summed E-state index contributed by atoms with van der Waals surface area (Å²) in [5.74, 6) is -0.245. The summed E-state index contributed by atoms with van der Waals surface area (Å²) in [5.41, 5.74) is 1.11. The number of benzene rings is 1. The molecule has 5 nitrogen and oxygen atoms in total. The van der Waals surface area contributed by atoms with E-state index >= 15 is 0 Å². The van der Waals surface area contributed by atoms with Crippen molar-refractivity contribution in [2.45, 2.75) is 26.7 Å². The lowest BCUT2D eigenvalue weighted by atomic mass is 9.96. The minimum atomic E-state index is -0.168. The summed E-state index contributed by atoms with van der Waals surface area (Å²) in [5, 5.41) is 9.69. The van der Waals surface area contributed by atoms with E-state index in [1.807, 2.05) is 0 Å². The quantitative estimate of drug-likeness (QED) is 0.866. The van der Waals surface area contributed by atoms with Crippen LogP contribution in [0.2, 0.25) is 0 Å². The van der Waals surface area contributed by atoms with E-state index in [4.69, 9.17) is 4.74 Å². The number of carbonyl (C=O) groups is 2. The van der Waals surface area contributed by atoms with Crippen molar-refractivity contribution in [2.24, 2.45) is 5.92 Å². The molecule has 1 N–H and O–H groups in total. The number of carbonyl (C=O) groups excluding carboxylic acids is 2. The number of phenolic OH excluding ortho intramolecular Hbond substituents is 1. The number of aromatic hydroxyl groups is 1. The average molecular weight is 291 g/mol. The lowest BCUT2D eigenvalue weighted by molar-refractivity contribution is -0.149. The fraction of sp³-hybridized carbons (Fsp3) is 0.500. The van der Waals surface area contributed by atoms with Gasteiger partial charge in [0.1, 0.15) is 5.75 Å². The Morgan fingerprint density at radius 3 is 2.62 bits per heavy atom. The van der Waals surface area contributed by atoms with E-state index in [1.54, 1.807) is 36.9 Å². The minimum absolute atomic E-state index is 0.0919. The van der Waals surface area contributed by atoms with Gasteiger partial charge in [-0.05, 0) is 38.8 Å². The molecule has 0 unspecified atom stereocenters. The largest absolute Gasteiger partial charge is 0.508 e. The van der Waals surface area contributed by atoms with Gasteiger partial charge in [0.25, 0.3) is 5.91 Å². The van der Waals surface area contributed by atoms with Gasteiger partial charge in [-0.2, -0.15) is 0 Å². The van der Waals surface area contributed by atoms with E-state index in [1.165, 1.54) is 0 Å². The van der Waals surface area contributed by atoms with Crippen molar-refractivity contribution in [1.82, 2.24) is 4.90 Å². The molecule has 0 atom stereocenters. The van der Waals surface area contributed by atoms with Crippen LogP contribution >= 0.6 is 0 Å². The van der Waals surface area contributed by atoms with Gasteiger partial charge in [-0.3, -0.25) is 9.59 Å². The molecule has 1 saturated heterocycles. The summed E-state index contributed by atoms with van der Waals surface area (Å²) < 4.78 is 5.02. The molecule has 0 bridgehead atoms. The first kappa shape index (κ1) is 15.4. The highest BCUT2D eigenvalue weighted by Crippen LogP contribution is 2.24. The fourth-order valence-corrected chi connectivity index (χ4v) is 2.60. The fourth-order valence-electron chi connectivity index (χ4n) is 2.60. The summed E-state index contributed by atoms with van der Waals surface area (Å²) in [6.07, 6.45) is 1.25. The van der Waals surface area contributed by atoms with Crippen LogP contribution in [-0.4, -0.2) is 41.6 Å². The maximum Gasteiger partial charge on any atom is 0.309 e. The Balaban J connectivity index is 2.00. The van der Waals surface area contributed by atoms with Gasteiger partial charge in [0, 0.05) is 24.2 Å². The first-order valence-electron chi connectivity index (χ1n) is 7.29. The van der Waals surface area contributed by atoms with Crippen molar-refractivity contribution in [1.29, 1.82) is 0 Å². The van der Waals surface area contributed by atoms with E-state index in [-0.39, 0.29) is 23.5 Å². The van der Waals surface area contributed by atoms with Crippen LogP contribution in [0, 0.1) is 12.8 Å². The number of rotatable bonds is 3. The van der Waals surface area contributed by atoms with Gasteiger partial charge in [0.2, 0.25) is 0 Å². The lowest BCUT2D eigenvalue weighted by Gasteiger charge is -2.31. The maximum atomic E-state index is 12.5. The van der Waals surface area contributed by atoms with Crippen LogP contribution in [0.4, 0.5) is 0 Å². The zero-order valence-electron chi connectivity index (χ0n) is 12.5. The van der Waals surface area contributed by atoms with E-state index < -0.39 is 0 Å². The SMILES string of the molecule is CCOC(=O)C1CCN(C(=O)c2cccc(O)c2C)CC1. The van der Waals surface area contributed by atoms with Crippen molar-refractivity contribution in [3.63, 3.8) is 0 Å². The van der Waals surface area contributed by atoms with Gasteiger partial charge in [-0.1, -0.05) is 6.07 Å². The normalized spacial score (nSPS) is 15.8. The highest BCUT2D eigenvalue weighted by Gasteiger charge is 2.29. The lowest BCUT2D eigenvalue weighted by Crippen LogP contribution is -2.40. The Labute approximate surface area is 124 Å². The van der Waals surface area contributed by atoms with Crippen LogP contribution in [0.3, 0.4) is 0 Å². The molecule has 21 heavy (non-hydrogen) atoms. The molecule has 1 aliphatic heterocycles. The number of ether oxygens (including phenoxy) is 1. The minimum Gasteiger partial charge on any atom is -0.508 e. The summed E-state index contributed by atoms with van der Waals surface area (Å²) in [6, 6.07) is 4.95. The molecule has 1 aromatic carbocycles. The number of phenols is 1. The Kier molecular flexibility index (Phi) is 4.83. The second-order valence-electron chi connectivity index (χ2n) is 5.27. The third-order valence-electron chi connectivity index (χ3n) is 3.94. The molecular formula is C16H21NO4. The highest BCUT2D eigenvalue weighted by atomic mass is 16.5.